The zero-order valence-electron chi connectivity index (χ0n) is 12.8. The minimum atomic E-state index is -0.135. The molecule has 0 radical (unpaired) electrons. The lowest BCUT2D eigenvalue weighted by Gasteiger charge is -2.16. The second-order valence-electron chi connectivity index (χ2n) is 5.27. The van der Waals surface area contributed by atoms with Crippen LogP contribution in [0.15, 0.2) is 59.5 Å². The Balaban J connectivity index is 1.82. The zero-order chi connectivity index (χ0) is 15.9. The maximum atomic E-state index is 12.2. The third kappa shape index (κ3) is 5.08. The van der Waals surface area contributed by atoms with Crippen molar-refractivity contribution in [1.82, 2.24) is 5.32 Å². The minimum absolute atomic E-state index is 0.0581. The molecule has 0 fully saturated rings. The maximum Gasteiger partial charge on any atom is 0.233 e. The Bertz CT molecular complexity index is 600. The third-order valence-electron chi connectivity index (χ3n) is 3.45. The molecular formula is C18H20ClNOS. The topological polar surface area (TPSA) is 29.1 Å². The van der Waals surface area contributed by atoms with Crippen LogP contribution in [0.2, 0.25) is 5.02 Å². The first kappa shape index (κ1) is 16.9. The molecule has 0 bridgehead atoms. The molecule has 116 valence electrons. The van der Waals surface area contributed by atoms with Gasteiger partial charge in [-0.05, 0) is 42.7 Å². The van der Waals surface area contributed by atoms with Gasteiger partial charge in [0.2, 0.25) is 5.91 Å². The summed E-state index contributed by atoms with van der Waals surface area (Å²) in [5, 5.41) is 3.60. The molecule has 2 nitrogen and oxygen atoms in total. The molecule has 0 unspecified atom stereocenters. The van der Waals surface area contributed by atoms with Crippen molar-refractivity contribution in [2.24, 2.45) is 0 Å². The monoisotopic (exact) mass is 333 g/mol. The van der Waals surface area contributed by atoms with E-state index >= 15 is 0 Å². The first-order valence-corrected chi connectivity index (χ1v) is 8.57. The number of rotatable bonds is 6. The number of halogens is 1. The molecule has 2 aromatic rings. The van der Waals surface area contributed by atoms with Crippen molar-refractivity contribution in [3.8, 4) is 0 Å². The number of benzene rings is 2. The summed E-state index contributed by atoms with van der Waals surface area (Å²) in [4.78, 5) is 13.2. The smallest absolute Gasteiger partial charge is 0.233 e. The van der Waals surface area contributed by atoms with Crippen molar-refractivity contribution in [1.29, 1.82) is 0 Å². The largest absolute Gasteiger partial charge is 0.355 e. The highest BCUT2D eigenvalue weighted by Crippen LogP contribution is 2.25. The Morgan fingerprint density at radius 1 is 1.09 bits per heavy atom. The molecule has 4 heteroatoms. The van der Waals surface area contributed by atoms with Gasteiger partial charge in [0.05, 0.1) is 5.25 Å². The fourth-order valence-corrected chi connectivity index (χ4v) is 3.09. The van der Waals surface area contributed by atoms with Crippen LogP contribution in [-0.4, -0.2) is 17.7 Å². The van der Waals surface area contributed by atoms with Gasteiger partial charge >= 0.3 is 0 Å². The van der Waals surface area contributed by atoms with E-state index in [0.29, 0.717) is 17.5 Å². The number of hydrogen-bond acceptors (Lipinski definition) is 2. The van der Waals surface area contributed by atoms with Crippen LogP contribution in [0.1, 0.15) is 25.3 Å². The fourth-order valence-electron chi connectivity index (χ4n) is 2.07. The lowest BCUT2D eigenvalue weighted by molar-refractivity contribution is -0.120. The van der Waals surface area contributed by atoms with Gasteiger partial charge in [-0.1, -0.05) is 48.9 Å². The number of thioether (sulfide) groups is 1. The van der Waals surface area contributed by atoms with Gasteiger partial charge in [0.25, 0.3) is 0 Å². The molecule has 0 aliphatic rings. The normalized spacial score (nSPS) is 13.4. The molecule has 0 aliphatic carbocycles. The summed E-state index contributed by atoms with van der Waals surface area (Å²) in [5.41, 5.74) is 1.24. The van der Waals surface area contributed by atoms with Gasteiger partial charge in [0, 0.05) is 16.5 Å². The third-order valence-corrected chi connectivity index (χ3v) is 4.81. The van der Waals surface area contributed by atoms with Gasteiger partial charge < -0.3 is 5.32 Å². The van der Waals surface area contributed by atoms with Crippen LogP contribution in [0.25, 0.3) is 0 Å². The van der Waals surface area contributed by atoms with E-state index in [2.05, 4.69) is 24.4 Å². The van der Waals surface area contributed by atoms with E-state index in [4.69, 9.17) is 11.6 Å². The van der Waals surface area contributed by atoms with Crippen LogP contribution >= 0.6 is 23.4 Å². The first-order valence-electron chi connectivity index (χ1n) is 7.31. The van der Waals surface area contributed by atoms with Crippen LogP contribution in [0.3, 0.4) is 0 Å². The molecule has 2 aromatic carbocycles. The maximum absolute atomic E-state index is 12.2. The summed E-state index contributed by atoms with van der Waals surface area (Å²) in [5.74, 6) is 0.362. The van der Waals surface area contributed by atoms with E-state index in [9.17, 15) is 4.79 Å². The van der Waals surface area contributed by atoms with Gasteiger partial charge in [-0.15, -0.1) is 11.8 Å². The number of amides is 1. The van der Waals surface area contributed by atoms with Crippen LogP contribution in [0.4, 0.5) is 0 Å². The quantitative estimate of drug-likeness (QED) is 0.773. The number of hydrogen-bond donors (Lipinski definition) is 1. The Hall–Kier alpha value is -1.45. The van der Waals surface area contributed by atoms with E-state index in [1.165, 1.54) is 17.3 Å². The molecule has 0 heterocycles. The summed E-state index contributed by atoms with van der Waals surface area (Å²) >= 11 is 7.40. The van der Waals surface area contributed by atoms with Crippen LogP contribution in [0, 0.1) is 0 Å². The Kier molecular flexibility index (Phi) is 6.34. The zero-order valence-corrected chi connectivity index (χ0v) is 14.3. The van der Waals surface area contributed by atoms with Gasteiger partial charge in [0.1, 0.15) is 0 Å². The first-order chi connectivity index (χ1) is 10.6. The highest BCUT2D eigenvalue weighted by molar-refractivity contribution is 8.00. The van der Waals surface area contributed by atoms with Gasteiger partial charge in [0.15, 0.2) is 0 Å². The Morgan fingerprint density at radius 2 is 1.73 bits per heavy atom. The summed E-state index contributed by atoms with van der Waals surface area (Å²) < 4.78 is 0. The fraction of sp³-hybridized carbons (Fsp3) is 0.278. The van der Waals surface area contributed by atoms with Crippen molar-refractivity contribution < 1.29 is 4.79 Å². The number of carbonyl (C=O) groups excluding carboxylic acids is 1. The predicted molar refractivity (Wildman–Crippen MR) is 94.6 cm³/mol. The van der Waals surface area contributed by atoms with E-state index in [0.717, 1.165) is 4.90 Å². The molecule has 0 saturated heterocycles. The molecule has 0 aliphatic heterocycles. The van der Waals surface area contributed by atoms with Crippen molar-refractivity contribution in [3.63, 3.8) is 0 Å². The average molecular weight is 334 g/mol. The number of nitrogens with one attached hydrogen (secondary N) is 1. The van der Waals surface area contributed by atoms with Crippen molar-refractivity contribution >= 4 is 29.3 Å². The summed E-state index contributed by atoms with van der Waals surface area (Å²) in [6.45, 7) is 4.68. The van der Waals surface area contributed by atoms with Gasteiger partial charge in [-0.25, -0.2) is 0 Å². The van der Waals surface area contributed by atoms with E-state index < -0.39 is 0 Å². The van der Waals surface area contributed by atoms with E-state index in [-0.39, 0.29) is 11.2 Å². The standard InChI is InChI=1S/C18H20ClNOS/c1-13(15-6-4-3-5-7-15)12-20-18(21)14(2)22-17-10-8-16(19)9-11-17/h3-11,13-14H,12H2,1-2H3,(H,20,21)/t13-,14+/m1/s1. The molecule has 1 N–H and O–H groups in total. The molecule has 2 atom stereocenters. The molecule has 1 amide bonds. The lowest BCUT2D eigenvalue weighted by atomic mass is 10.0. The second-order valence-corrected chi connectivity index (χ2v) is 7.12. The molecule has 0 saturated carbocycles. The highest BCUT2D eigenvalue weighted by atomic mass is 35.5. The highest BCUT2D eigenvalue weighted by Gasteiger charge is 2.15. The van der Waals surface area contributed by atoms with Crippen molar-refractivity contribution in [2.75, 3.05) is 6.54 Å². The molecule has 0 spiro atoms. The van der Waals surface area contributed by atoms with E-state index in [1.54, 1.807) is 0 Å². The molecule has 22 heavy (non-hydrogen) atoms. The minimum Gasteiger partial charge on any atom is -0.355 e. The molecule has 2 rings (SSSR count). The molecular weight excluding hydrogens is 314 g/mol. The molecule has 0 aromatic heterocycles. The van der Waals surface area contributed by atoms with E-state index in [1.807, 2.05) is 49.4 Å². The second kappa shape index (κ2) is 8.25. The van der Waals surface area contributed by atoms with Crippen molar-refractivity contribution in [3.05, 3.63) is 65.2 Å². The van der Waals surface area contributed by atoms with Gasteiger partial charge in [-0.2, -0.15) is 0 Å². The van der Waals surface area contributed by atoms with Crippen LogP contribution in [0.5, 0.6) is 0 Å². The van der Waals surface area contributed by atoms with Crippen LogP contribution < -0.4 is 5.32 Å². The lowest BCUT2D eigenvalue weighted by Crippen LogP contribution is -2.33. The summed E-state index contributed by atoms with van der Waals surface area (Å²) in [6, 6.07) is 17.8. The van der Waals surface area contributed by atoms with Crippen LogP contribution in [-0.2, 0) is 4.79 Å². The van der Waals surface area contributed by atoms with Gasteiger partial charge in [-0.3, -0.25) is 4.79 Å². The summed E-state index contributed by atoms with van der Waals surface area (Å²) in [6.07, 6.45) is 0. The number of carbonyl (C=O) groups is 1. The predicted octanol–water partition coefficient (Wildman–Crippen LogP) is 4.74. The van der Waals surface area contributed by atoms with Crippen molar-refractivity contribution in [2.45, 2.75) is 29.9 Å². The summed E-state index contributed by atoms with van der Waals surface area (Å²) in [7, 11) is 0. The Labute approximate surface area is 141 Å². The Morgan fingerprint density at radius 3 is 2.36 bits per heavy atom. The SMILES string of the molecule is C[C@H](Sc1ccc(Cl)cc1)C(=O)NC[C@@H](C)c1ccccc1. The average Bonchev–Trinajstić information content (AvgIpc) is 2.55.